The molecule has 0 spiro atoms. The van der Waals surface area contributed by atoms with Crippen molar-refractivity contribution >= 4 is 17.4 Å². The summed E-state index contributed by atoms with van der Waals surface area (Å²) in [6, 6.07) is 5.69. The molecule has 0 N–H and O–H groups in total. The minimum atomic E-state index is -0.532. The first-order chi connectivity index (χ1) is 11.6. The lowest BCUT2D eigenvalue weighted by Gasteiger charge is -2.19. The molecule has 0 aliphatic rings. The van der Waals surface area contributed by atoms with E-state index in [2.05, 4.69) is 26.7 Å². The Hall–Kier alpha value is -2.23. The normalized spacial score (nSPS) is 10.8. The molecule has 3 nitrogen and oxygen atoms in total. The first-order valence-electron chi connectivity index (χ1n) is 7.76. The minimum absolute atomic E-state index is 0. The van der Waals surface area contributed by atoms with Crippen molar-refractivity contribution in [2.75, 3.05) is 14.2 Å². The predicted octanol–water partition coefficient (Wildman–Crippen LogP) is 5.94. The van der Waals surface area contributed by atoms with E-state index in [1.807, 2.05) is 43.4 Å². The molecule has 1 aromatic rings. The average molecular weight is 344 g/mol. The topological polar surface area (TPSA) is 35.5 Å². The van der Waals surface area contributed by atoms with Gasteiger partial charge < -0.3 is 9.47 Å². The number of allylic oxidation sites excluding steroid dienone is 4. The van der Waals surface area contributed by atoms with E-state index < -0.39 is 6.29 Å². The molecule has 0 fully saturated rings. The van der Waals surface area contributed by atoms with Crippen LogP contribution in [0.3, 0.4) is 0 Å². The van der Waals surface area contributed by atoms with E-state index in [0.717, 1.165) is 35.0 Å². The van der Waals surface area contributed by atoms with Crippen LogP contribution in [0.1, 0.15) is 49.2 Å². The van der Waals surface area contributed by atoms with E-state index in [1.165, 1.54) is 0 Å². The lowest BCUT2D eigenvalue weighted by atomic mass is 9.95. The van der Waals surface area contributed by atoms with E-state index in [4.69, 9.17) is 9.47 Å². The first-order valence-corrected chi connectivity index (χ1v) is 7.76. The van der Waals surface area contributed by atoms with Crippen LogP contribution in [0.4, 0.5) is 0 Å². The van der Waals surface area contributed by atoms with Crippen molar-refractivity contribution in [3.05, 3.63) is 72.9 Å². The van der Waals surface area contributed by atoms with Crippen molar-refractivity contribution in [3.63, 3.8) is 0 Å². The third-order valence-electron chi connectivity index (χ3n) is 3.31. The number of carbonyl (C=O) groups is 1. The van der Waals surface area contributed by atoms with Crippen LogP contribution in [-0.2, 0) is 9.47 Å². The largest absolute Gasteiger partial charge is 0.352 e. The smallest absolute Gasteiger partial charge is 0.183 e. The molecular weight excluding hydrogens is 312 g/mol. The maximum atomic E-state index is 11.5. The molecule has 0 saturated carbocycles. The maximum absolute atomic E-state index is 11.5. The molecule has 0 saturated heterocycles. The highest BCUT2D eigenvalue weighted by Gasteiger charge is 2.17. The molecule has 3 heteroatoms. The molecule has 0 radical (unpaired) electrons. The zero-order chi connectivity index (χ0) is 18.5. The first kappa shape index (κ1) is 25.0. The van der Waals surface area contributed by atoms with Crippen LogP contribution in [0.25, 0.3) is 11.1 Å². The Balaban J connectivity index is 0. The molecule has 0 bridgehead atoms. The molecule has 1 aromatic carbocycles. The van der Waals surface area contributed by atoms with Gasteiger partial charge in [-0.1, -0.05) is 56.9 Å². The number of carbonyl (C=O) groups excluding carboxylic acids is 1. The summed E-state index contributed by atoms with van der Waals surface area (Å²) in [6.45, 7) is 13.9. The lowest BCUT2D eigenvalue weighted by Crippen LogP contribution is -2.16. The molecule has 0 unspecified atom stereocenters. The van der Waals surface area contributed by atoms with E-state index >= 15 is 0 Å². The van der Waals surface area contributed by atoms with Gasteiger partial charge in [0.15, 0.2) is 12.6 Å². The molecule has 0 aliphatic heterocycles. The van der Waals surface area contributed by atoms with Gasteiger partial charge in [-0.25, -0.2) is 0 Å². The Labute approximate surface area is 153 Å². The van der Waals surface area contributed by atoms with E-state index in [0.29, 0.717) is 5.56 Å². The number of hydrogen-bond donors (Lipinski definition) is 0. The van der Waals surface area contributed by atoms with E-state index in [9.17, 15) is 4.79 Å². The quantitative estimate of drug-likeness (QED) is 0.253. The predicted molar refractivity (Wildman–Crippen MR) is 110 cm³/mol. The molecule has 0 heterocycles. The molecule has 1 rings (SSSR count). The van der Waals surface area contributed by atoms with Gasteiger partial charge in [0.25, 0.3) is 0 Å². The molecule has 0 aliphatic carbocycles. The van der Waals surface area contributed by atoms with Gasteiger partial charge in [0.2, 0.25) is 0 Å². The molecular formula is C22H32O3. The van der Waals surface area contributed by atoms with Crippen LogP contribution >= 0.6 is 0 Å². The summed E-state index contributed by atoms with van der Waals surface area (Å²) >= 11 is 0. The maximum Gasteiger partial charge on any atom is 0.183 e. The third kappa shape index (κ3) is 7.46. The zero-order valence-corrected chi connectivity index (χ0v) is 15.2. The summed E-state index contributed by atoms with van der Waals surface area (Å²) in [4.78, 5) is 11.5. The highest BCUT2D eigenvalue weighted by Crippen LogP contribution is 2.26. The highest BCUT2D eigenvalue weighted by molar-refractivity contribution is 5.88. The molecule has 0 aromatic heterocycles. The fourth-order valence-corrected chi connectivity index (χ4v) is 2.14. The minimum Gasteiger partial charge on any atom is -0.352 e. The van der Waals surface area contributed by atoms with Gasteiger partial charge in [0.05, 0.1) is 0 Å². The number of methoxy groups -OCH3 is 2. The van der Waals surface area contributed by atoms with Crippen LogP contribution < -0.4 is 0 Å². The van der Waals surface area contributed by atoms with Crippen molar-refractivity contribution in [1.29, 1.82) is 0 Å². The SMILES string of the molecule is C.C=C.C=C(C)c1ccc(/C(=C/C=C\CC)C(OC)OC)c(C=O)c1. The van der Waals surface area contributed by atoms with Gasteiger partial charge in [0, 0.05) is 25.4 Å². The zero-order valence-electron chi connectivity index (χ0n) is 15.2. The Morgan fingerprint density at radius 2 is 1.84 bits per heavy atom. The molecule has 0 amide bonds. The number of hydrogen-bond acceptors (Lipinski definition) is 3. The second-order valence-corrected chi connectivity index (χ2v) is 4.96. The summed E-state index contributed by atoms with van der Waals surface area (Å²) in [5.74, 6) is 0. The van der Waals surface area contributed by atoms with Crippen molar-refractivity contribution < 1.29 is 14.3 Å². The number of ether oxygens (including phenoxy) is 2. The number of rotatable bonds is 8. The Bertz CT molecular complexity index is 593. The molecule has 25 heavy (non-hydrogen) atoms. The van der Waals surface area contributed by atoms with Crippen molar-refractivity contribution in [1.82, 2.24) is 0 Å². The summed E-state index contributed by atoms with van der Waals surface area (Å²) < 4.78 is 10.7. The average Bonchev–Trinajstić information content (AvgIpc) is 2.62. The summed E-state index contributed by atoms with van der Waals surface area (Å²) in [5.41, 5.74) is 4.07. The summed E-state index contributed by atoms with van der Waals surface area (Å²) in [7, 11) is 3.16. The Kier molecular flexibility index (Phi) is 14.2. The van der Waals surface area contributed by atoms with Crippen LogP contribution in [0.15, 0.2) is 56.2 Å². The van der Waals surface area contributed by atoms with Gasteiger partial charge in [-0.05, 0) is 30.5 Å². The highest BCUT2D eigenvalue weighted by atomic mass is 16.7. The summed E-state index contributed by atoms with van der Waals surface area (Å²) in [5, 5.41) is 0. The van der Waals surface area contributed by atoms with Crippen LogP contribution in [0.5, 0.6) is 0 Å². The second-order valence-electron chi connectivity index (χ2n) is 4.96. The summed E-state index contributed by atoms with van der Waals surface area (Å²) in [6.07, 6.45) is 7.15. The van der Waals surface area contributed by atoms with Crippen LogP contribution in [-0.4, -0.2) is 26.8 Å². The number of aldehydes is 1. The fraction of sp³-hybridized carbons (Fsp3) is 0.318. The van der Waals surface area contributed by atoms with Gasteiger partial charge in [-0.2, -0.15) is 0 Å². The van der Waals surface area contributed by atoms with Gasteiger partial charge in [-0.15, -0.1) is 13.2 Å². The van der Waals surface area contributed by atoms with Gasteiger partial charge >= 0.3 is 0 Å². The van der Waals surface area contributed by atoms with Crippen LogP contribution in [0, 0.1) is 0 Å². The fourth-order valence-electron chi connectivity index (χ4n) is 2.14. The Morgan fingerprint density at radius 3 is 2.28 bits per heavy atom. The van der Waals surface area contributed by atoms with E-state index in [-0.39, 0.29) is 7.43 Å². The van der Waals surface area contributed by atoms with E-state index in [1.54, 1.807) is 14.2 Å². The standard InChI is InChI=1S/C19H24O3.C2H4.CH4/c1-6-7-8-9-18(19(21-4)22-5)17-11-10-15(14(2)3)12-16(17)13-20;1-2;/h7-13,19H,2,6H2,1,3-5H3;1-2H2;1H4/b8-7-,18-9-;;. The monoisotopic (exact) mass is 344 g/mol. The lowest BCUT2D eigenvalue weighted by molar-refractivity contribution is -0.0590. The van der Waals surface area contributed by atoms with Gasteiger partial charge in [-0.3, -0.25) is 4.79 Å². The molecule has 0 atom stereocenters. The number of benzene rings is 1. The van der Waals surface area contributed by atoms with Crippen molar-refractivity contribution in [2.24, 2.45) is 0 Å². The second kappa shape index (κ2) is 14.1. The molecule has 138 valence electrons. The van der Waals surface area contributed by atoms with Crippen LogP contribution in [0.2, 0.25) is 0 Å². The Morgan fingerprint density at radius 1 is 1.24 bits per heavy atom. The van der Waals surface area contributed by atoms with Crippen molar-refractivity contribution in [2.45, 2.75) is 34.0 Å². The van der Waals surface area contributed by atoms with Crippen molar-refractivity contribution in [3.8, 4) is 0 Å². The third-order valence-corrected chi connectivity index (χ3v) is 3.31. The van der Waals surface area contributed by atoms with Gasteiger partial charge in [0.1, 0.15) is 0 Å².